The van der Waals surface area contributed by atoms with E-state index < -0.39 is 4.87 Å². The Hall–Kier alpha value is -2.32. The van der Waals surface area contributed by atoms with E-state index in [4.69, 9.17) is 11.6 Å². The number of alkyl halides is 1. The fourth-order valence-electron chi connectivity index (χ4n) is 3.17. The second-order valence-electron chi connectivity index (χ2n) is 5.84. The molecule has 2 aromatic carbocycles. The minimum atomic E-state index is -0.444. The van der Waals surface area contributed by atoms with Crippen LogP contribution in [0.4, 0.5) is 5.69 Å². The maximum absolute atomic E-state index is 6.80. The smallest absolute Gasteiger partial charge is 0.0909 e. The van der Waals surface area contributed by atoms with Gasteiger partial charge in [-0.15, -0.1) is 11.6 Å². The third kappa shape index (κ3) is 2.30. The van der Waals surface area contributed by atoms with Gasteiger partial charge in [0.2, 0.25) is 0 Å². The molecule has 0 bridgehead atoms. The monoisotopic (exact) mass is 320 g/mol. The summed E-state index contributed by atoms with van der Waals surface area (Å²) >= 11 is 6.80. The molecule has 1 aliphatic heterocycles. The predicted molar refractivity (Wildman–Crippen MR) is 97.8 cm³/mol. The highest BCUT2D eigenvalue weighted by molar-refractivity contribution is 6.26. The van der Waals surface area contributed by atoms with Crippen LogP contribution in [0.15, 0.2) is 67.0 Å². The second-order valence-corrected chi connectivity index (χ2v) is 6.51. The van der Waals surface area contributed by atoms with Crippen LogP contribution in [0.3, 0.4) is 0 Å². The van der Waals surface area contributed by atoms with Gasteiger partial charge in [0.25, 0.3) is 0 Å². The fourth-order valence-corrected chi connectivity index (χ4v) is 3.39. The number of nitrogens with one attached hydrogen (secondary N) is 1. The number of fused-ring (bicyclic) bond motifs is 2. The molecule has 2 nitrogen and oxygen atoms in total. The average Bonchev–Trinajstić information content (AvgIpc) is 2.61. The first-order chi connectivity index (χ1) is 11.2. The summed E-state index contributed by atoms with van der Waals surface area (Å²) in [6.45, 7) is 2.11. The second kappa shape index (κ2) is 5.39. The van der Waals surface area contributed by atoms with Gasteiger partial charge in [-0.25, -0.2) is 0 Å². The highest BCUT2D eigenvalue weighted by Crippen LogP contribution is 2.45. The van der Waals surface area contributed by atoms with Crippen LogP contribution in [-0.2, 0) is 4.87 Å². The van der Waals surface area contributed by atoms with Crippen LogP contribution >= 0.6 is 11.6 Å². The summed E-state index contributed by atoms with van der Waals surface area (Å²) in [5.41, 5.74) is 5.43. The number of rotatable bonds is 2. The number of anilines is 1. The Kier molecular flexibility index (Phi) is 3.35. The van der Waals surface area contributed by atoms with Crippen LogP contribution in [0.5, 0.6) is 0 Å². The van der Waals surface area contributed by atoms with E-state index in [9.17, 15) is 0 Å². The lowest BCUT2D eigenvalue weighted by atomic mass is 9.88. The van der Waals surface area contributed by atoms with Crippen molar-refractivity contribution in [3.05, 3.63) is 72.6 Å². The van der Waals surface area contributed by atoms with Gasteiger partial charge in [0.05, 0.1) is 16.1 Å². The number of halogens is 1. The molecule has 3 aromatic rings. The lowest BCUT2D eigenvalue weighted by Gasteiger charge is -2.30. The van der Waals surface area contributed by atoms with Gasteiger partial charge in [-0.1, -0.05) is 43.3 Å². The molecule has 1 unspecified atom stereocenters. The molecule has 1 aromatic heterocycles. The first-order valence-electron chi connectivity index (χ1n) is 7.83. The molecule has 23 heavy (non-hydrogen) atoms. The summed E-state index contributed by atoms with van der Waals surface area (Å²) in [4.78, 5) is 4.14. The van der Waals surface area contributed by atoms with E-state index in [0.717, 1.165) is 39.7 Å². The molecule has 2 heterocycles. The zero-order valence-electron chi connectivity index (χ0n) is 12.9. The van der Waals surface area contributed by atoms with Gasteiger partial charge in [-0.05, 0) is 30.8 Å². The molecule has 0 fully saturated rings. The van der Waals surface area contributed by atoms with Gasteiger partial charge in [-0.3, -0.25) is 4.98 Å². The van der Waals surface area contributed by atoms with Crippen molar-refractivity contribution in [3.63, 3.8) is 0 Å². The maximum atomic E-state index is 6.80. The van der Waals surface area contributed by atoms with Gasteiger partial charge in [-0.2, -0.15) is 0 Å². The Morgan fingerprint density at radius 2 is 2.00 bits per heavy atom. The zero-order valence-corrected chi connectivity index (χ0v) is 13.6. The maximum Gasteiger partial charge on any atom is 0.0909 e. The standard InChI is InChI=1S/C20H17ClN2/c1-2-20(21)10-11-22-19-16(7-5-8-17(19)20)15-12-14-6-3-4-9-18(14)23-13-15/h3-13,22H,2H2,1H3. The average molecular weight is 321 g/mol. The molecule has 114 valence electrons. The van der Waals surface area contributed by atoms with Crippen molar-refractivity contribution in [2.24, 2.45) is 0 Å². The highest BCUT2D eigenvalue weighted by atomic mass is 35.5. The van der Waals surface area contributed by atoms with E-state index in [-0.39, 0.29) is 0 Å². The summed E-state index contributed by atoms with van der Waals surface area (Å²) in [6.07, 6.45) is 6.75. The topological polar surface area (TPSA) is 24.9 Å². The van der Waals surface area contributed by atoms with Crippen LogP contribution in [0.2, 0.25) is 0 Å². The van der Waals surface area contributed by atoms with Gasteiger partial charge in [0.1, 0.15) is 0 Å². The van der Waals surface area contributed by atoms with Crippen LogP contribution < -0.4 is 5.32 Å². The Morgan fingerprint density at radius 1 is 1.13 bits per heavy atom. The molecule has 0 spiro atoms. The van der Waals surface area contributed by atoms with Gasteiger partial charge < -0.3 is 5.32 Å². The predicted octanol–water partition coefficient (Wildman–Crippen LogP) is 5.69. The lowest BCUT2D eigenvalue weighted by molar-refractivity contribution is 0.718. The third-order valence-electron chi connectivity index (χ3n) is 4.50. The Labute approximate surface area is 140 Å². The first kappa shape index (κ1) is 14.3. The van der Waals surface area contributed by atoms with E-state index in [1.165, 1.54) is 0 Å². The number of nitrogens with zero attached hydrogens (tertiary/aromatic N) is 1. The molecule has 1 N–H and O–H groups in total. The summed E-state index contributed by atoms with van der Waals surface area (Å²) in [6, 6.07) is 16.6. The van der Waals surface area contributed by atoms with Gasteiger partial charge >= 0.3 is 0 Å². The number of pyridine rings is 1. The summed E-state index contributed by atoms with van der Waals surface area (Å²) in [7, 11) is 0. The zero-order chi connectivity index (χ0) is 15.9. The molecule has 0 amide bonds. The number of para-hydroxylation sites is 2. The number of benzene rings is 2. The minimum Gasteiger partial charge on any atom is -0.361 e. The van der Waals surface area contributed by atoms with Gasteiger partial charge in [0, 0.05) is 28.3 Å². The third-order valence-corrected chi connectivity index (χ3v) is 5.10. The summed E-state index contributed by atoms with van der Waals surface area (Å²) in [5, 5.41) is 4.51. The van der Waals surface area contributed by atoms with Crippen LogP contribution in [0, 0.1) is 0 Å². The van der Waals surface area contributed by atoms with Crippen molar-refractivity contribution in [1.29, 1.82) is 0 Å². The lowest BCUT2D eigenvalue weighted by Crippen LogP contribution is -2.20. The molecule has 0 radical (unpaired) electrons. The van der Waals surface area contributed by atoms with Crippen LogP contribution in [0.1, 0.15) is 18.9 Å². The minimum absolute atomic E-state index is 0.444. The molecule has 3 heteroatoms. The number of aromatic nitrogens is 1. The van der Waals surface area contributed by atoms with Gasteiger partial charge in [0.15, 0.2) is 0 Å². The largest absolute Gasteiger partial charge is 0.361 e. The van der Waals surface area contributed by atoms with Crippen molar-refractivity contribution < 1.29 is 0 Å². The SMILES string of the molecule is CCC1(Cl)C=CNc2c(-c3cnc4ccccc4c3)cccc21. The molecule has 0 saturated carbocycles. The Bertz CT molecular complexity index is 916. The first-order valence-corrected chi connectivity index (χ1v) is 8.21. The molecule has 0 saturated heterocycles. The fraction of sp³-hybridized carbons (Fsp3) is 0.150. The molecular formula is C20H17ClN2. The quantitative estimate of drug-likeness (QED) is 0.614. The van der Waals surface area contributed by atoms with Crippen molar-refractivity contribution in [2.45, 2.75) is 18.2 Å². The molecule has 1 aliphatic rings. The van der Waals surface area contributed by atoms with E-state index in [0.29, 0.717) is 0 Å². The summed E-state index contributed by atoms with van der Waals surface area (Å²) < 4.78 is 0. The van der Waals surface area contributed by atoms with Crippen LogP contribution in [0.25, 0.3) is 22.0 Å². The number of hydrogen-bond donors (Lipinski definition) is 1. The number of allylic oxidation sites excluding steroid dienone is 1. The van der Waals surface area contributed by atoms with E-state index in [1.54, 1.807) is 0 Å². The van der Waals surface area contributed by atoms with Crippen molar-refractivity contribution in [2.75, 3.05) is 5.32 Å². The molecule has 0 aliphatic carbocycles. The summed E-state index contributed by atoms with van der Waals surface area (Å²) in [5.74, 6) is 0. The van der Waals surface area contributed by atoms with Crippen molar-refractivity contribution in [3.8, 4) is 11.1 Å². The van der Waals surface area contributed by atoms with Crippen molar-refractivity contribution in [1.82, 2.24) is 4.98 Å². The molecule has 1 atom stereocenters. The molecular weight excluding hydrogens is 304 g/mol. The number of hydrogen-bond acceptors (Lipinski definition) is 2. The van der Waals surface area contributed by atoms with E-state index in [1.807, 2.05) is 36.7 Å². The normalized spacial score (nSPS) is 19.4. The van der Waals surface area contributed by atoms with E-state index >= 15 is 0 Å². The Morgan fingerprint density at radius 3 is 2.87 bits per heavy atom. The van der Waals surface area contributed by atoms with Crippen LogP contribution in [-0.4, -0.2) is 4.98 Å². The Balaban J connectivity index is 1.91. The van der Waals surface area contributed by atoms with E-state index in [2.05, 4.69) is 47.6 Å². The molecule has 4 rings (SSSR count). The highest BCUT2D eigenvalue weighted by Gasteiger charge is 2.30. The van der Waals surface area contributed by atoms with Crippen molar-refractivity contribution >= 4 is 28.2 Å².